The van der Waals surface area contributed by atoms with Gasteiger partial charge in [-0.3, -0.25) is 24.0 Å². The fourth-order valence-electron chi connectivity index (χ4n) is 3.85. The Morgan fingerprint density at radius 1 is 1.10 bits per heavy atom. The maximum atomic E-state index is 13.2. The summed E-state index contributed by atoms with van der Waals surface area (Å²) in [6, 6.07) is 7.83. The molecule has 9 heteroatoms. The Bertz CT molecular complexity index is 980. The molecule has 0 saturated carbocycles. The first kappa shape index (κ1) is 23.3. The predicted molar refractivity (Wildman–Crippen MR) is 123 cm³/mol. The molecule has 1 aromatic heterocycles. The van der Waals surface area contributed by atoms with Gasteiger partial charge in [0.15, 0.2) is 5.16 Å². The number of thioether (sulfide) groups is 1. The van der Waals surface area contributed by atoms with E-state index in [4.69, 9.17) is 4.98 Å². The summed E-state index contributed by atoms with van der Waals surface area (Å²) >= 11 is 1.49. The molecule has 2 aromatic rings. The summed E-state index contributed by atoms with van der Waals surface area (Å²) in [6.45, 7) is 10.4. The lowest BCUT2D eigenvalue weighted by Crippen LogP contribution is -2.40. The van der Waals surface area contributed by atoms with E-state index in [2.05, 4.69) is 37.9 Å². The average molecular weight is 446 g/mol. The lowest BCUT2D eigenvalue weighted by molar-refractivity contribution is -0.124. The zero-order chi connectivity index (χ0) is 22.5. The molecule has 3 amide bonds. The number of amides is 3. The van der Waals surface area contributed by atoms with E-state index in [9.17, 15) is 14.4 Å². The Hall–Kier alpha value is -2.39. The van der Waals surface area contributed by atoms with Crippen LogP contribution in [0.5, 0.6) is 0 Å². The summed E-state index contributed by atoms with van der Waals surface area (Å²) in [5.41, 5.74) is 0.652. The molecule has 168 valence electrons. The van der Waals surface area contributed by atoms with Crippen LogP contribution in [0.2, 0.25) is 0 Å². The van der Waals surface area contributed by atoms with Crippen molar-refractivity contribution >= 4 is 34.6 Å². The maximum absolute atomic E-state index is 13.2. The minimum absolute atomic E-state index is 0.0327. The number of rotatable bonds is 10. The minimum Gasteiger partial charge on any atom is -0.329 e. The molecule has 1 saturated heterocycles. The van der Waals surface area contributed by atoms with Crippen molar-refractivity contribution < 1.29 is 9.59 Å². The fraction of sp³-hybridized carbons (Fsp3) is 0.545. The van der Waals surface area contributed by atoms with Gasteiger partial charge in [-0.05, 0) is 46.2 Å². The molecule has 1 N–H and O–H groups in total. The third kappa shape index (κ3) is 5.46. The van der Waals surface area contributed by atoms with Gasteiger partial charge >= 0.3 is 6.03 Å². The van der Waals surface area contributed by atoms with Crippen LogP contribution < -0.4 is 10.9 Å². The second-order valence-electron chi connectivity index (χ2n) is 8.20. The number of hydrogen-bond donors (Lipinski definition) is 1. The number of nitrogens with one attached hydrogen (secondary N) is 1. The van der Waals surface area contributed by atoms with Crippen LogP contribution in [0.25, 0.3) is 10.9 Å². The second kappa shape index (κ2) is 10.3. The SMILES string of the molecule is CC(C)N(CCn1c(SCCCN2C(=O)CNC2=O)nc2ccccc2c1=O)C(C)C. The second-order valence-corrected chi connectivity index (χ2v) is 9.26. The Kier molecular flexibility index (Phi) is 7.72. The highest BCUT2D eigenvalue weighted by atomic mass is 32.2. The van der Waals surface area contributed by atoms with Crippen molar-refractivity contribution in [3.63, 3.8) is 0 Å². The fourth-order valence-corrected chi connectivity index (χ4v) is 4.80. The number of para-hydroxylation sites is 1. The molecule has 1 aromatic carbocycles. The highest BCUT2D eigenvalue weighted by molar-refractivity contribution is 7.99. The molecule has 1 aliphatic heterocycles. The molecular formula is C22H31N5O3S. The number of urea groups is 1. The lowest BCUT2D eigenvalue weighted by atomic mass is 10.2. The van der Waals surface area contributed by atoms with Crippen molar-refractivity contribution in [1.82, 2.24) is 24.7 Å². The first-order valence-corrected chi connectivity index (χ1v) is 11.7. The molecule has 0 atom stereocenters. The van der Waals surface area contributed by atoms with E-state index in [1.165, 1.54) is 16.7 Å². The Morgan fingerprint density at radius 2 is 1.81 bits per heavy atom. The number of aromatic nitrogens is 2. The van der Waals surface area contributed by atoms with Gasteiger partial charge in [0.2, 0.25) is 5.91 Å². The van der Waals surface area contributed by atoms with Crippen LogP contribution >= 0.6 is 11.8 Å². The Labute approximate surface area is 187 Å². The van der Waals surface area contributed by atoms with Crippen molar-refractivity contribution in [3.05, 3.63) is 34.6 Å². The van der Waals surface area contributed by atoms with Gasteiger partial charge in [0.25, 0.3) is 5.56 Å². The van der Waals surface area contributed by atoms with Crippen molar-refractivity contribution in [3.8, 4) is 0 Å². The van der Waals surface area contributed by atoms with E-state index < -0.39 is 0 Å². The third-order valence-corrected chi connectivity index (χ3v) is 6.49. The first-order valence-electron chi connectivity index (χ1n) is 10.8. The third-order valence-electron chi connectivity index (χ3n) is 5.43. The first-order chi connectivity index (χ1) is 14.8. The number of nitrogens with zero attached hydrogens (tertiary/aromatic N) is 4. The average Bonchev–Trinajstić information content (AvgIpc) is 3.04. The van der Waals surface area contributed by atoms with E-state index in [-0.39, 0.29) is 24.0 Å². The zero-order valence-corrected chi connectivity index (χ0v) is 19.4. The summed E-state index contributed by atoms with van der Waals surface area (Å²) in [7, 11) is 0. The van der Waals surface area contributed by atoms with E-state index in [1.807, 2.05) is 24.3 Å². The number of carbonyl (C=O) groups is 2. The monoisotopic (exact) mass is 445 g/mol. The van der Waals surface area contributed by atoms with Gasteiger partial charge in [-0.1, -0.05) is 23.9 Å². The molecule has 0 spiro atoms. The molecule has 31 heavy (non-hydrogen) atoms. The molecule has 8 nitrogen and oxygen atoms in total. The van der Waals surface area contributed by atoms with E-state index in [0.717, 1.165) is 6.54 Å². The maximum Gasteiger partial charge on any atom is 0.324 e. The molecule has 1 fully saturated rings. The summed E-state index contributed by atoms with van der Waals surface area (Å²) in [6.07, 6.45) is 0.636. The van der Waals surface area contributed by atoms with Gasteiger partial charge in [0, 0.05) is 37.5 Å². The summed E-state index contributed by atoms with van der Waals surface area (Å²) in [5, 5.41) is 3.82. The van der Waals surface area contributed by atoms with E-state index in [1.54, 1.807) is 4.57 Å². The molecule has 0 bridgehead atoms. The van der Waals surface area contributed by atoms with Gasteiger partial charge in [0.1, 0.15) is 0 Å². The minimum atomic E-state index is -0.335. The van der Waals surface area contributed by atoms with Crippen LogP contribution in [0.3, 0.4) is 0 Å². The topological polar surface area (TPSA) is 87.5 Å². The highest BCUT2D eigenvalue weighted by Crippen LogP contribution is 2.19. The Balaban J connectivity index is 1.76. The Morgan fingerprint density at radius 3 is 2.45 bits per heavy atom. The van der Waals surface area contributed by atoms with Gasteiger partial charge in [-0.2, -0.15) is 0 Å². The van der Waals surface area contributed by atoms with E-state index >= 15 is 0 Å². The smallest absolute Gasteiger partial charge is 0.324 e. The van der Waals surface area contributed by atoms with E-state index in [0.29, 0.717) is 53.4 Å². The van der Waals surface area contributed by atoms with Crippen LogP contribution in [-0.2, 0) is 11.3 Å². The summed E-state index contributed by atoms with van der Waals surface area (Å²) < 4.78 is 1.76. The largest absolute Gasteiger partial charge is 0.329 e. The van der Waals surface area contributed by atoms with Crippen molar-refractivity contribution in [2.75, 3.05) is 25.4 Å². The molecule has 2 heterocycles. The normalized spacial score (nSPS) is 14.5. The van der Waals surface area contributed by atoms with Crippen molar-refractivity contribution in [2.24, 2.45) is 0 Å². The molecule has 0 unspecified atom stereocenters. The predicted octanol–water partition coefficient (Wildman–Crippen LogP) is 2.55. The van der Waals surface area contributed by atoms with Crippen LogP contribution in [0.15, 0.2) is 34.2 Å². The quantitative estimate of drug-likeness (QED) is 0.262. The van der Waals surface area contributed by atoms with Crippen LogP contribution in [0.1, 0.15) is 34.1 Å². The number of hydrogen-bond acceptors (Lipinski definition) is 6. The molecule has 1 aliphatic rings. The number of imide groups is 1. The van der Waals surface area contributed by atoms with Crippen LogP contribution in [0.4, 0.5) is 4.79 Å². The van der Waals surface area contributed by atoms with Gasteiger partial charge in [-0.25, -0.2) is 9.78 Å². The lowest BCUT2D eigenvalue weighted by Gasteiger charge is -2.30. The molecule has 0 radical (unpaired) electrons. The zero-order valence-electron chi connectivity index (χ0n) is 18.6. The summed E-state index contributed by atoms with van der Waals surface area (Å²) in [5.74, 6) is 0.457. The highest BCUT2D eigenvalue weighted by Gasteiger charge is 2.27. The standard InChI is InChI=1S/C22H31N5O3S/c1-15(2)25(16(3)4)11-12-27-20(29)17-8-5-6-9-18(17)24-22(27)31-13-7-10-26-19(28)14-23-21(26)30/h5-6,8-9,15-16H,7,10-14H2,1-4H3,(H,23,30). The molecule has 3 rings (SSSR count). The molecule has 0 aliphatic carbocycles. The van der Waals surface area contributed by atoms with Crippen molar-refractivity contribution in [1.29, 1.82) is 0 Å². The molecular weight excluding hydrogens is 414 g/mol. The van der Waals surface area contributed by atoms with Crippen LogP contribution in [0, 0.1) is 0 Å². The van der Waals surface area contributed by atoms with Crippen LogP contribution in [-0.4, -0.2) is 68.8 Å². The van der Waals surface area contributed by atoms with Crippen molar-refractivity contribution in [2.45, 2.75) is 57.9 Å². The van der Waals surface area contributed by atoms with Gasteiger partial charge in [-0.15, -0.1) is 0 Å². The number of benzene rings is 1. The van der Waals surface area contributed by atoms with Gasteiger partial charge in [0.05, 0.1) is 17.4 Å². The number of fused-ring (bicyclic) bond motifs is 1. The van der Waals surface area contributed by atoms with Gasteiger partial charge < -0.3 is 5.32 Å². The summed E-state index contributed by atoms with van der Waals surface area (Å²) in [4.78, 5) is 45.0. The number of carbonyl (C=O) groups excluding carboxylic acids is 2.